The van der Waals surface area contributed by atoms with Crippen LogP contribution in [0.2, 0.25) is 0 Å². The summed E-state index contributed by atoms with van der Waals surface area (Å²) in [7, 11) is 0. The minimum atomic E-state index is -0.494. The molecule has 3 nitrogen and oxygen atoms in total. The third-order valence-corrected chi connectivity index (χ3v) is 3.17. The van der Waals surface area contributed by atoms with Crippen molar-refractivity contribution in [2.75, 3.05) is 6.54 Å². The van der Waals surface area contributed by atoms with Crippen LogP contribution in [-0.2, 0) is 9.53 Å². The lowest BCUT2D eigenvalue weighted by atomic mass is 10.0. The monoisotopic (exact) mass is 351 g/mol. The van der Waals surface area contributed by atoms with E-state index in [-0.39, 0.29) is 12.5 Å². The Kier molecular flexibility index (Phi) is 9.07. The number of esters is 1. The summed E-state index contributed by atoms with van der Waals surface area (Å²) in [5, 5.41) is 0. The molecule has 0 saturated heterocycles. The van der Waals surface area contributed by atoms with Crippen molar-refractivity contribution in [3.05, 3.63) is 84.4 Å². The van der Waals surface area contributed by atoms with E-state index >= 15 is 0 Å². The number of carbonyl (C=O) groups excluding carboxylic acids is 1. The summed E-state index contributed by atoms with van der Waals surface area (Å²) in [6.07, 6.45) is 2.96. The maximum Gasteiger partial charge on any atom is 0.328 e. The second-order valence-corrected chi connectivity index (χ2v) is 6.68. The summed E-state index contributed by atoms with van der Waals surface area (Å²) < 4.78 is 5.31. The zero-order valence-corrected chi connectivity index (χ0v) is 16.2. The number of hydrogen-bond acceptors (Lipinski definition) is 3. The van der Waals surface area contributed by atoms with E-state index in [1.54, 1.807) is 0 Å². The van der Waals surface area contributed by atoms with Gasteiger partial charge in [0.25, 0.3) is 0 Å². The van der Waals surface area contributed by atoms with Gasteiger partial charge in [0.05, 0.1) is 5.71 Å². The highest BCUT2D eigenvalue weighted by atomic mass is 16.6. The smallest absolute Gasteiger partial charge is 0.328 e. The summed E-state index contributed by atoms with van der Waals surface area (Å²) in [5.41, 5.74) is 2.27. The molecule has 0 N–H and O–H groups in total. The van der Waals surface area contributed by atoms with Gasteiger partial charge in [0.1, 0.15) is 12.1 Å². The Morgan fingerprint density at radius 2 is 1.42 bits per heavy atom. The molecule has 0 heterocycles. The van der Waals surface area contributed by atoms with Crippen LogP contribution in [0.4, 0.5) is 0 Å². The van der Waals surface area contributed by atoms with Crippen LogP contribution in [0.25, 0.3) is 0 Å². The molecule has 2 rings (SSSR count). The number of benzene rings is 2. The third-order valence-electron chi connectivity index (χ3n) is 3.17. The first-order chi connectivity index (χ1) is 12.4. The van der Waals surface area contributed by atoms with Gasteiger partial charge in [0, 0.05) is 11.1 Å². The average molecular weight is 351 g/mol. The molecule has 0 amide bonds. The Labute approximate surface area is 157 Å². The quantitative estimate of drug-likeness (QED) is 0.408. The van der Waals surface area contributed by atoms with E-state index in [9.17, 15) is 4.79 Å². The highest BCUT2D eigenvalue weighted by Crippen LogP contribution is 2.12. The molecule has 0 fully saturated rings. The Hall–Kier alpha value is -2.68. The number of aliphatic imine (C=N–C) groups is 1. The standard InChI is InChI=1S/C19H21NO2.C4H8/c1-19(2,3)22-17(21)14-20-18(15-10-6-4-7-11-15)16-12-8-5-9-13-16;1-3-4-2/h4-13H,14H2,1-3H3;3H,1,4H2,2H3. The van der Waals surface area contributed by atoms with Gasteiger partial charge in [-0.15, -0.1) is 6.58 Å². The largest absolute Gasteiger partial charge is 0.459 e. The van der Waals surface area contributed by atoms with Crippen LogP contribution in [0.3, 0.4) is 0 Å². The fourth-order valence-electron chi connectivity index (χ4n) is 2.06. The van der Waals surface area contributed by atoms with Crippen molar-refractivity contribution in [1.82, 2.24) is 0 Å². The summed E-state index contributed by atoms with van der Waals surface area (Å²) >= 11 is 0. The summed E-state index contributed by atoms with van der Waals surface area (Å²) in [6, 6.07) is 19.7. The zero-order valence-electron chi connectivity index (χ0n) is 16.2. The van der Waals surface area contributed by atoms with Gasteiger partial charge in [-0.05, 0) is 27.2 Å². The molecule has 0 aromatic heterocycles. The maximum absolute atomic E-state index is 11.9. The predicted octanol–water partition coefficient (Wildman–Crippen LogP) is 5.45. The van der Waals surface area contributed by atoms with Gasteiger partial charge in [0.2, 0.25) is 0 Å². The lowest BCUT2D eigenvalue weighted by Crippen LogP contribution is -2.25. The highest BCUT2D eigenvalue weighted by Gasteiger charge is 2.16. The molecule has 26 heavy (non-hydrogen) atoms. The lowest BCUT2D eigenvalue weighted by molar-refractivity contribution is -0.152. The lowest BCUT2D eigenvalue weighted by Gasteiger charge is -2.18. The Balaban J connectivity index is 0.000000765. The van der Waals surface area contributed by atoms with E-state index in [4.69, 9.17) is 4.74 Å². The van der Waals surface area contributed by atoms with Crippen molar-refractivity contribution in [3.8, 4) is 0 Å². The van der Waals surface area contributed by atoms with Gasteiger partial charge >= 0.3 is 5.97 Å². The molecule has 0 saturated carbocycles. The molecule has 0 aliphatic rings. The minimum Gasteiger partial charge on any atom is -0.459 e. The molecule has 0 aliphatic carbocycles. The average Bonchev–Trinajstić information content (AvgIpc) is 2.62. The fourth-order valence-corrected chi connectivity index (χ4v) is 2.06. The van der Waals surface area contributed by atoms with Crippen molar-refractivity contribution in [2.45, 2.75) is 39.7 Å². The van der Waals surface area contributed by atoms with Crippen molar-refractivity contribution < 1.29 is 9.53 Å². The first-order valence-electron chi connectivity index (χ1n) is 8.85. The molecule has 2 aromatic carbocycles. The normalized spacial score (nSPS) is 10.2. The van der Waals surface area contributed by atoms with Gasteiger partial charge in [-0.2, -0.15) is 0 Å². The summed E-state index contributed by atoms with van der Waals surface area (Å²) in [4.78, 5) is 16.4. The van der Waals surface area contributed by atoms with E-state index < -0.39 is 5.60 Å². The molecule has 0 bridgehead atoms. The van der Waals surface area contributed by atoms with Crippen LogP contribution in [0.5, 0.6) is 0 Å². The molecule has 0 aliphatic heterocycles. The molecule has 0 spiro atoms. The second kappa shape index (κ2) is 11.0. The number of ether oxygens (including phenoxy) is 1. The van der Waals surface area contributed by atoms with E-state index in [1.165, 1.54) is 0 Å². The van der Waals surface area contributed by atoms with Crippen molar-refractivity contribution >= 4 is 11.7 Å². The van der Waals surface area contributed by atoms with Crippen LogP contribution in [0, 0.1) is 0 Å². The molecule has 0 radical (unpaired) electrons. The molecule has 138 valence electrons. The third kappa shape index (κ3) is 8.43. The fraction of sp³-hybridized carbons (Fsp3) is 0.304. The molecule has 2 aromatic rings. The SMILES string of the molecule is C=CCC.CC(C)(C)OC(=O)CN=C(c1ccccc1)c1ccccc1. The van der Waals surface area contributed by atoms with Gasteiger partial charge in [0.15, 0.2) is 0 Å². The van der Waals surface area contributed by atoms with Crippen LogP contribution < -0.4 is 0 Å². The van der Waals surface area contributed by atoms with Gasteiger partial charge < -0.3 is 4.74 Å². The number of hydrogen-bond donors (Lipinski definition) is 0. The van der Waals surface area contributed by atoms with E-state index in [1.807, 2.05) is 87.5 Å². The summed E-state index contributed by atoms with van der Waals surface area (Å²) in [5.74, 6) is -0.322. The molecule has 0 unspecified atom stereocenters. The minimum absolute atomic E-state index is 0.0103. The number of carbonyl (C=O) groups is 1. The summed E-state index contributed by atoms with van der Waals surface area (Å²) in [6.45, 7) is 11.1. The predicted molar refractivity (Wildman–Crippen MR) is 110 cm³/mol. The number of nitrogens with zero attached hydrogens (tertiary/aromatic N) is 1. The molecule has 3 heteroatoms. The number of rotatable bonds is 5. The van der Waals surface area contributed by atoms with Gasteiger partial charge in [-0.1, -0.05) is 73.7 Å². The first-order valence-corrected chi connectivity index (χ1v) is 8.85. The highest BCUT2D eigenvalue weighted by molar-refractivity contribution is 6.13. The topological polar surface area (TPSA) is 38.7 Å². The second-order valence-electron chi connectivity index (χ2n) is 6.68. The van der Waals surface area contributed by atoms with Crippen molar-refractivity contribution in [2.24, 2.45) is 4.99 Å². The Morgan fingerprint density at radius 1 is 1.00 bits per heavy atom. The molecular weight excluding hydrogens is 322 g/mol. The maximum atomic E-state index is 11.9. The van der Waals surface area contributed by atoms with Crippen molar-refractivity contribution in [1.29, 1.82) is 0 Å². The van der Waals surface area contributed by atoms with Gasteiger partial charge in [-0.3, -0.25) is 9.79 Å². The Bertz CT molecular complexity index is 656. The van der Waals surface area contributed by atoms with Crippen LogP contribution in [0.15, 0.2) is 78.3 Å². The van der Waals surface area contributed by atoms with Crippen LogP contribution in [0.1, 0.15) is 45.2 Å². The first kappa shape index (κ1) is 21.4. The van der Waals surface area contributed by atoms with E-state index in [0.717, 1.165) is 23.3 Å². The van der Waals surface area contributed by atoms with E-state index in [0.29, 0.717) is 0 Å². The Morgan fingerprint density at radius 3 is 1.77 bits per heavy atom. The number of allylic oxidation sites excluding steroid dienone is 1. The van der Waals surface area contributed by atoms with Crippen molar-refractivity contribution in [3.63, 3.8) is 0 Å². The molecule has 0 atom stereocenters. The van der Waals surface area contributed by atoms with Crippen LogP contribution in [-0.4, -0.2) is 23.8 Å². The van der Waals surface area contributed by atoms with Gasteiger partial charge in [-0.25, -0.2) is 0 Å². The van der Waals surface area contributed by atoms with Crippen LogP contribution >= 0.6 is 0 Å². The van der Waals surface area contributed by atoms with E-state index in [2.05, 4.69) is 18.5 Å². The zero-order chi connectivity index (χ0) is 19.4. The molecular formula is C23H29NO2.